The second-order valence-corrected chi connectivity index (χ2v) is 3.53. The van der Waals surface area contributed by atoms with Gasteiger partial charge in [-0.2, -0.15) is 0 Å². The van der Waals surface area contributed by atoms with E-state index < -0.39 is 18.0 Å². The Kier molecular flexibility index (Phi) is 5.09. The Bertz CT molecular complexity index is 380. The minimum atomic E-state index is -1.05. The molecule has 0 unspecified atom stereocenters. The van der Waals surface area contributed by atoms with E-state index in [2.05, 4.69) is 10.3 Å². The Morgan fingerprint density at radius 1 is 1.35 bits per heavy atom. The highest BCUT2D eigenvalue weighted by Crippen LogP contribution is 2.00. The van der Waals surface area contributed by atoms with Gasteiger partial charge in [-0.3, -0.25) is 19.9 Å². The van der Waals surface area contributed by atoms with Crippen LogP contribution in [-0.2, 0) is 16.1 Å². The van der Waals surface area contributed by atoms with Crippen LogP contribution in [-0.4, -0.2) is 33.2 Å². The van der Waals surface area contributed by atoms with Crippen LogP contribution >= 0.6 is 0 Å². The lowest BCUT2D eigenvalue weighted by molar-refractivity contribution is -0.140. The van der Waals surface area contributed by atoms with E-state index in [-0.39, 0.29) is 12.8 Å². The fourth-order valence-electron chi connectivity index (χ4n) is 1.31. The number of aromatic nitrogens is 1. The molecule has 1 heterocycles. The highest BCUT2D eigenvalue weighted by Gasteiger charge is 2.17. The SMILES string of the molecule is O=C(O)CC[C@@H](NCc1ccccn1)C(=O)O. The molecule has 92 valence electrons. The average molecular weight is 238 g/mol. The van der Waals surface area contributed by atoms with Crippen LogP contribution in [0.2, 0.25) is 0 Å². The van der Waals surface area contributed by atoms with Gasteiger partial charge < -0.3 is 10.2 Å². The second-order valence-electron chi connectivity index (χ2n) is 3.53. The van der Waals surface area contributed by atoms with E-state index in [0.29, 0.717) is 12.2 Å². The summed E-state index contributed by atoms with van der Waals surface area (Å²) in [5.74, 6) is -2.06. The van der Waals surface area contributed by atoms with Crippen LogP contribution in [0.15, 0.2) is 24.4 Å². The summed E-state index contributed by atoms with van der Waals surface area (Å²) in [7, 11) is 0. The van der Waals surface area contributed by atoms with Crippen molar-refractivity contribution < 1.29 is 19.8 Å². The van der Waals surface area contributed by atoms with Crippen LogP contribution < -0.4 is 5.32 Å². The molecule has 0 bridgehead atoms. The third-order valence-electron chi connectivity index (χ3n) is 2.20. The number of rotatable bonds is 7. The minimum Gasteiger partial charge on any atom is -0.481 e. The lowest BCUT2D eigenvalue weighted by atomic mass is 10.1. The quantitative estimate of drug-likeness (QED) is 0.639. The van der Waals surface area contributed by atoms with Crippen LogP contribution in [0.5, 0.6) is 0 Å². The summed E-state index contributed by atoms with van der Waals surface area (Å²) in [5, 5.41) is 20.2. The van der Waals surface area contributed by atoms with Gasteiger partial charge in [-0.05, 0) is 18.6 Å². The maximum atomic E-state index is 10.9. The zero-order valence-electron chi connectivity index (χ0n) is 9.17. The maximum Gasteiger partial charge on any atom is 0.320 e. The predicted molar refractivity (Wildman–Crippen MR) is 59.4 cm³/mol. The van der Waals surface area contributed by atoms with Crippen molar-refractivity contribution in [3.8, 4) is 0 Å². The molecule has 17 heavy (non-hydrogen) atoms. The number of hydrogen-bond donors (Lipinski definition) is 3. The summed E-state index contributed by atoms with van der Waals surface area (Å²) in [5.41, 5.74) is 0.717. The summed E-state index contributed by atoms with van der Waals surface area (Å²) in [6, 6.07) is 4.47. The minimum absolute atomic E-state index is 0.0531. The summed E-state index contributed by atoms with van der Waals surface area (Å²) in [4.78, 5) is 25.3. The molecule has 1 atom stereocenters. The molecule has 0 amide bonds. The van der Waals surface area contributed by atoms with E-state index >= 15 is 0 Å². The second kappa shape index (κ2) is 6.59. The molecule has 3 N–H and O–H groups in total. The molecule has 0 saturated heterocycles. The number of carboxylic acid groups (broad SMARTS) is 2. The molecular formula is C11H14N2O4. The van der Waals surface area contributed by atoms with Gasteiger partial charge in [0.25, 0.3) is 0 Å². The van der Waals surface area contributed by atoms with E-state index in [0.717, 1.165) is 0 Å². The van der Waals surface area contributed by atoms with Crippen LogP contribution in [0.25, 0.3) is 0 Å². The monoisotopic (exact) mass is 238 g/mol. The predicted octanol–water partition coefficient (Wildman–Crippen LogP) is 0.489. The number of carbonyl (C=O) groups is 2. The van der Waals surface area contributed by atoms with Crippen molar-refractivity contribution in [2.24, 2.45) is 0 Å². The number of hydrogen-bond acceptors (Lipinski definition) is 4. The Labute approximate surface area is 98.3 Å². The van der Waals surface area contributed by atoms with Crippen molar-refractivity contribution in [3.05, 3.63) is 30.1 Å². The van der Waals surface area contributed by atoms with Gasteiger partial charge in [-0.25, -0.2) is 0 Å². The normalized spacial score (nSPS) is 12.0. The summed E-state index contributed by atoms with van der Waals surface area (Å²) < 4.78 is 0. The van der Waals surface area contributed by atoms with Gasteiger partial charge in [-0.1, -0.05) is 6.07 Å². The fraction of sp³-hybridized carbons (Fsp3) is 0.364. The van der Waals surface area contributed by atoms with E-state index in [9.17, 15) is 9.59 Å². The van der Waals surface area contributed by atoms with Gasteiger partial charge >= 0.3 is 11.9 Å². The molecule has 1 rings (SSSR count). The highest BCUT2D eigenvalue weighted by molar-refractivity contribution is 5.75. The first kappa shape index (κ1) is 13.1. The largest absolute Gasteiger partial charge is 0.481 e. The van der Waals surface area contributed by atoms with Gasteiger partial charge in [0.05, 0.1) is 5.69 Å². The molecule has 1 aromatic heterocycles. The Morgan fingerprint density at radius 2 is 2.12 bits per heavy atom. The molecular weight excluding hydrogens is 224 g/mol. The van der Waals surface area contributed by atoms with Crippen LogP contribution in [0.3, 0.4) is 0 Å². The molecule has 1 aromatic rings. The summed E-state index contributed by atoms with van der Waals surface area (Å²) >= 11 is 0. The molecule has 0 fully saturated rings. The highest BCUT2D eigenvalue weighted by atomic mass is 16.4. The standard InChI is InChI=1S/C11H14N2O4/c14-10(15)5-4-9(11(16)17)13-7-8-3-1-2-6-12-8/h1-3,6,9,13H,4-5,7H2,(H,14,15)(H,16,17)/t9-/m1/s1. The van der Waals surface area contributed by atoms with Gasteiger partial charge in [0.2, 0.25) is 0 Å². The number of aliphatic carboxylic acids is 2. The van der Waals surface area contributed by atoms with E-state index in [1.54, 1.807) is 24.4 Å². The van der Waals surface area contributed by atoms with Gasteiger partial charge in [-0.15, -0.1) is 0 Å². The first-order chi connectivity index (χ1) is 8.09. The molecule has 6 nitrogen and oxygen atoms in total. The van der Waals surface area contributed by atoms with Crippen molar-refractivity contribution in [3.63, 3.8) is 0 Å². The molecule has 0 aromatic carbocycles. The number of nitrogens with zero attached hydrogens (tertiary/aromatic N) is 1. The smallest absolute Gasteiger partial charge is 0.320 e. The van der Waals surface area contributed by atoms with Crippen LogP contribution in [0, 0.1) is 0 Å². The lowest BCUT2D eigenvalue weighted by Crippen LogP contribution is -2.36. The third kappa shape index (κ3) is 5.07. The maximum absolute atomic E-state index is 10.9. The Hall–Kier alpha value is -1.95. The van der Waals surface area contributed by atoms with E-state index in [1.807, 2.05) is 0 Å². The summed E-state index contributed by atoms with van der Waals surface area (Å²) in [6.07, 6.45) is 1.49. The van der Waals surface area contributed by atoms with Crippen molar-refractivity contribution >= 4 is 11.9 Å². The van der Waals surface area contributed by atoms with Crippen molar-refractivity contribution in [1.82, 2.24) is 10.3 Å². The Morgan fingerprint density at radius 3 is 2.65 bits per heavy atom. The first-order valence-corrected chi connectivity index (χ1v) is 5.17. The first-order valence-electron chi connectivity index (χ1n) is 5.17. The zero-order chi connectivity index (χ0) is 12.7. The molecule has 0 radical (unpaired) electrons. The third-order valence-corrected chi connectivity index (χ3v) is 2.20. The van der Waals surface area contributed by atoms with Crippen molar-refractivity contribution in [2.45, 2.75) is 25.4 Å². The van der Waals surface area contributed by atoms with Gasteiger partial charge in [0, 0.05) is 19.2 Å². The molecule has 0 aliphatic rings. The Balaban J connectivity index is 2.45. The van der Waals surface area contributed by atoms with E-state index in [4.69, 9.17) is 10.2 Å². The molecule has 0 aliphatic heterocycles. The van der Waals surface area contributed by atoms with Crippen molar-refractivity contribution in [2.75, 3.05) is 0 Å². The van der Waals surface area contributed by atoms with Gasteiger partial charge in [0.15, 0.2) is 0 Å². The van der Waals surface area contributed by atoms with Crippen molar-refractivity contribution in [1.29, 1.82) is 0 Å². The number of nitrogens with one attached hydrogen (secondary N) is 1. The lowest BCUT2D eigenvalue weighted by Gasteiger charge is -2.12. The van der Waals surface area contributed by atoms with Gasteiger partial charge in [0.1, 0.15) is 6.04 Å². The fourth-order valence-corrected chi connectivity index (χ4v) is 1.31. The van der Waals surface area contributed by atoms with Crippen LogP contribution in [0.1, 0.15) is 18.5 Å². The molecule has 0 aliphatic carbocycles. The van der Waals surface area contributed by atoms with Crippen LogP contribution in [0.4, 0.5) is 0 Å². The molecule has 0 saturated carbocycles. The molecule has 0 spiro atoms. The zero-order valence-corrected chi connectivity index (χ0v) is 9.17. The summed E-state index contributed by atoms with van der Waals surface area (Å²) in [6.45, 7) is 0.303. The average Bonchev–Trinajstić information content (AvgIpc) is 2.29. The van der Waals surface area contributed by atoms with E-state index in [1.165, 1.54) is 0 Å². The number of carboxylic acids is 2. The number of pyridine rings is 1. The molecule has 6 heteroatoms. The topological polar surface area (TPSA) is 99.5 Å².